The van der Waals surface area contributed by atoms with Crippen molar-refractivity contribution < 1.29 is 9.53 Å². The number of halogens is 1. The smallest absolute Gasteiger partial charge is 0.251 e. The largest absolute Gasteiger partial charge is 0.488 e. The number of benzene rings is 4. The average Bonchev–Trinajstić information content (AvgIpc) is 2.77. The van der Waals surface area contributed by atoms with Crippen molar-refractivity contribution in [2.24, 2.45) is 0 Å². The molecule has 0 spiro atoms. The van der Waals surface area contributed by atoms with Crippen molar-refractivity contribution in [2.75, 3.05) is 0 Å². The van der Waals surface area contributed by atoms with Crippen LogP contribution in [0.1, 0.15) is 21.5 Å². The van der Waals surface area contributed by atoms with Crippen molar-refractivity contribution in [3.63, 3.8) is 0 Å². The maximum absolute atomic E-state index is 12.8. The quantitative estimate of drug-likeness (QED) is 0.430. The minimum absolute atomic E-state index is 0.166. The second-order valence-corrected chi connectivity index (χ2v) is 7.15. The maximum atomic E-state index is 12.8. The first-order chi connectivity index (χ1) is 14.2. The molecule has 1 N–H and O–H groups in total. The van der Waals surface area contributed by atoms with Gasteiger partial charge in [-0.25, -0.2) is 0 Å². The SMILES string of the molecule is O=C(NCc1ccccc1Cl)c1cc(OCc2ccccc2)c2ccccc2c1. The second kappa shape index (κ2) is 8.80. The van der Waals surface area contributed by atoms with Crippen molar-refractivity contribution in [1.82, 2.24) is 5.32 Å². The van der Waals surface area contributed by atoms with Crippen LogP contribution < -0.4 is 10.1 Å². The molecule has 0 bridgehead atoms. The van der Waals surface area contributed by atoms with Gasteiger partial charge in [0.15, 0.2) is 0 Å². The van der Waals surface area contributed by atoms with Gasteiger partial charge in [0.05, 0.1) is 0 Å². The summed E-state index contributed by atoms with van der Waals surface area (Å²) in [4.78, 5) is 12.8. The van der Waals surface area contributed by atoms with Gasteiger partial charge in [0.25, 0.3) is 5.91 Å². The highest BCUT2D eigenvalue weighted by Gasteiger charge is 2.12. The Hall–Kier alpha value is -3.30. The number of amides is 1. The summed E-state index contributed by atoms with van der Waals surface area (Å²) in [6, 6.07) is 29.0. The van der Waals surface area contributed by atoms with Crippen LogP contribution in [0.3, 0.4) is 0 Å². The minimum atomic E-state index is -0.166. The molecule has 0 atom stereocenters. The summed E-state index contributed by atoms with van der Waals surface area (Å²) in [6.07, 6.45) is 0. The number of carbonyl (C=O) groups is 1. The number of rotatable bonds is 6. The van der Waals surface area contributed by atoms with Crippen LogP contribution in [-0.4, -0.2) is 5.91 Å². The summed E-state index contributed by atoms with van der Waals surface area (Å²) in [5.41, 5.74) is 2.51. The van der Waals surface area contributed by atoms with E-state index in [-0.39, 0.29) is 5.91 Å². The Balaban J connectivity index is 1.57. The van der Waals surface area contributed by atoms with Crippen molar-refractivity contribution in [3.8, 4) is 5.75 Å². The summed E-state index contributed by atoms with van der Waals surface area (Å²) < 4.78 is 6.08. The van der Waals surface area contributed by atoms with Crippen molar-refractivity contribution in [2.45, 2.75) is 13.2 Å². The highest BCUT2D eigenvalue weighted by Crippen LogP contribution is 2.28. The summed E-state index contributed by atoms with van der Waals surface area (Å²) in [7, 11) is 0. The molecule has 0 aromatic heterocycles. The summed E-state index contributed by atoms with van der Waals surface area (Å²) in [5, 5.41) is 5.52. The van der Waals surface area contributed by atoms with Gasteiger partial charge in [-0.15, -0.1) is 0 Å². The predicted molar refractivity (Wildman–Crippen MR) is 117 cm³/mol. The molecule has 4 rings (SSSR count). The number of fused-ring (bicyclic) bond motifs is 1. The molecular weight excluding hydrogens is 382 g/mol. The van der Waals surface area contributed by atoms with Crippen LogP contribution in [0.25, 0.3) is 10.8 Å². The highest BCUT2D eigenvalue weighted by molar-refractivity contribution is 6.31. The fourth-order valence-corrected chi connectivity index (χ4v) is 3.38. The topological polar surface area (TPSA) is 38.3 Å². The van der Waals surface area contributed by atoms with Gasteiger partial charge in [0.1, 0.15) is 12.4 Å². The molecular formula is C25H20ClNO2. The third-order valence-electron chi connectivity index (χ3n) is 4.72. The molecule has 0 fully saturated rings. The molecule has 29 heavy (non-hydrogen) atoms. The molecule has 0 saturated heterocycles. The molecule has 0 heterocycles. The lowest BCUT2D eigenvalue weighted by atomic mass is 10.0. The normalized spacial score (nSPS) is 10.7. The molecule has 0 aliphatic carbocycles. The van der Waals surface area contributed by atoms with Crippen molar-refractivity contribution in [1.29, 1.82) is 0 Å². The molecule has 0 unspecified atom stereocenters. The summed E-state index contributed by atoms with van der Waals surface area (Å²) in [6.45, 7) is 0.807. The summed E-state index contributed by atoms with van der Waals surface area (Å²) in [5.74, 6) is 0.523. The molecule has 144 valence electrons. The van der Waals surface area contributed by atoms with E-state index in [1.807, 2.05) is 84.9 Å². The zero-order chi connectivity index (χ0) is 20.1. The van der Waals surface area contributed by atoms with Crippen LogP contribution >= 0.6 is 11.6 Å². The molecule has 0 aliphatic rings. The molecule has 4 heteroatoms. The average molecular weight is 402 g/mol. The monoisotopic (exact) mass is 401 g/mol. The zero-order valence-corrected chi connectivity index (χ0v) is 16.5. The van der Waals surface area contributed by atoms with Gasteiger partial charge in [-0.3, -0.25) is 4.79 Å². The third kappa shape index (κ3) is 4.58. The van der Waals surface area contributed by atoms with Gasteiger partial charge < -0.3 is 10.1 Å². The Kier molecular flexibility index (Phi) is 5.78. The fourth-order valence-electron chi connectivity index (χ4n) is 3.18. The van der Waals surface area contributed by atoms with Crippen LogP contribution in [0.2, 0.25) is 5.02 Å². The number of hydrogen-bond donors (Lipinski definition) is 1. The van der Waals surface area contributed by atoms with Gasteiger partial charge in [0.2, 0.25) is 0 Å². The molecule has 0 radical (unpaired) electrons. The van der Waals surface area contributed by atoms with Gasteiger partial charge in [-0.1, -0.05) is 84.4 Å². The standard InChI is InChI=1S/C25H20ClNO2/c26-23-13-7-5-11-20(23)16-27-25(28)21-14-19-10-4-6-12-22(19)24(15-21)29-17-18-8-2-1-3-9-18/h1-15H,16-17H2,(H,27,28). The van der Waals surface area contributed by atoms with E-state index in [0.717, 1.165) is 21.9 Å². The van der Waals surface area contributed by atoms with Crippen LogP contribution in [-0.2, 0) is 13.2 Å². The van der Waals surface area contributed by atoms with Crippen LogP contribution in [0, 0.1) is 0 Å². The van der Waals surface area contributed by atoms with E-state index < -0.39 is 0 Å². The Labute approximate surface area is 174 Å². The molecule has 0 saturated carbocycles. The lowest BCUT2D eigenvalue weighted by Crippen LogP contribution is -2.23. The van der Waals surface area contributed by atoms with Crippen LogP contribution in [0.15, 0.2) is 91.0 Å². The molecule has 4 aromatic rings. The molecule has 1 amide bonds. The second-order valence-electron chi connectivity index (χ2n) is 6.74. The number of hydrogen-bond acceptors (Lipinski definition) is 2. The lowest BCUT2D eigenvalue weighted by molar-refractivity contribution is 0.0950. The molecule has 4 aromatic carbocycles. The Morgan fingerprint density at radius 2 is 1.59 bits per heavy atom. The zero-order valence-electron chi connectivity index (χ0n) is 15.8. The lowest BCUT2D eigenvalue weighted by Gasteiger charge is -2.13. The Morgan fingerprint density at radius 3 is 2.41 bits per heavy atom. The van der Waals surface area contributed by atoms with E-state index >= 15 is 0 Å². The van der Waals surface area contributed by atoms with Crippen LogP contribution in [0.5, 0.6) is 5.75 Å². The number of nitrogens with one attached hydrogen (secondary N) is 1. The number of ether oxygens (including phenoxy) is 1. The van der Waals surface area contributed by atoms with E-state index in [1.165, 1.54) is 0 Å². The Morgan fingerprint density at radius 1 is 0.862 bits per heavy atom. The van der Waals surface area contributed by atoms with E-state index in [0.29, 0.717) is 29.5 Å². The first-order valence-corrected chi connectivity index (χ1v) is 9.79. The van der Waals surface area contributed by atoms with Gasteiger partial charge >= 0.3 is 0 Å². The molecule has 0 aliphatic heterocycles. The third-order valence-corrected chi connectivity index (χ3v) is 5.09. The van der Waals surface area contributed by atoms with Crippen LogP contribution in [0.4, 0.5) is 0 Å². The van der Waals surface area contributed by atoms with E-state index in [1.54, 1.807) is 6.07 Å². The minimum Gasteiger partial charge on any atom is -0.488 e. The molecule has 3 nitrogen and oxygen atoms in total. The van der Waals surface area contributed by atoms with Gasteiger partial charge in [0, 0.05) is 22.5 Å². The maximum Gasteiger partial charge on any atom is 0.251 e. The Bertz CT molecular complexity index is 1140. The fraction of sp³-hybridized carbons (Fsp3) is 0.0800. The van der Waals surface area contributed by atoms with E-state index in [4.69, 9.17) is 16.3 Å². The van der Waals surface area contributed by atoms with Gasteiger partial charge in [-0.05, 0) is 34.7 Å². The van der Waals surface area contributed by atoms with E-state index in [2.05, 4.69) is 5.32 Å². The van der Waals surface area contributed by atoms with Gasteiger partial charge in [-0.2, -0.15) is 0 Å². The summed E-state index contributed by atoms with van der Waals surface area (Å²) >= 11 is 6.19. The van der Waals surface area contributed by atoms with Crippen molar-refractivity contribution >= 4 is 28.3 Å². The van der Waals surface area contributed by atoms with Crippen molar-refractivity contribution in [3.05, 3.63) is 113 Å². The van der Waals surface area contributed by atoms with E-state index in [9.17, 15) is 4.79 Å². The number of carbonyl (C=O) groups excluding carboxylic acids is 1. The highest BCUT2D eigenvalue weighted by atomic mass is 35.5. The first kappa shape index (κ1) is 19.0. The first-order valence-electron chi connectivity index (χ1n) is 9.42. The predicted octanol–water partition coefficient (Wildman–Crippen LogP) is 6.00.